The van der Waals surface area contributed by atoms with E-state index >= 15 is 0 Å². The van der Waals surface area contributed by atoms with Crippen molar-refractivity contribution in [1.82, 2.24) is 15.5 Å². The minimum Gasteiger partial charge on any atom is -0.416 e. The van der Waals surface area contributed by atoms with Crippen LogP contribution < -0.4 is 5.32 Å². The second kappa shape index (κ2) is 4.38. The van der Waals surface area contributed by atoms with Gasteiger partial charge in [0.05, 0.1) is 13.2 Å². The molecule has 0 amide bonds. The van der Waals surface area contributed by atoms with Crippen molar-refractivity contribution >= 4 is 0 Å². The molecule has 14 heavy (non-hydrogen) atoms. The van der Waals surface area contributed by atoms with E-state index in [0.29, 0.717) is 0 Å². The normalized spacial score (nSPS) is 12.0. The van der Waals surface area contributed by atoms with Crippen LogP contribution in [-0.4, -0.2) is 28.5 Å². The monoisotopic (exact) mass is 211 g/mol. The van der Waals surface area contributed by atoms with Crippen molar-refractivity contribution in [3.8, 4) is 0 Å². The molecule has 2 N–H and O–H groups in total. The third kappa shape index (κ3) is 2.96. The lowest BCUT2D eigenvalue weighted by Crippen LogP contribution is -2.17. The number of aliphatic hydroxyl groups excluding tert-OH is 1. The topological polar surface area (TPSA) is 71.2 Å². The highest BCUT2D eigenvalue weighted by Crippen LogP contribution is 2.27. The first kappa shape index (κ1) is 10.9. The average molecular weight is 211 g/mol. The Balaban J connectivity index is 2.51. The van der Waals surface area contributed by atoms with Crippen LogP contribution in [0.5, 0.6) is 0 Å². The van der Waals surface area contributed by atoms with Crippen molar-refractivity contribution in [2.45, 2.75) is 12.7 Å². The molecule has 0 saturated carbocycles. The standard InChI is InChI=1S/C6H8F3N3O2/c7-6(8,9)5-12-11-4(14-5)3-10-1-2-13/h10,13H,1-3H2. The van der Waals surface area contributed by atoms with Crippen LogP contribution >= 0.6 is 0 Å². The fourth-order valence-corrected chi connectivity index (χ4v) is 0.714. The van der Waals surface area contributed by atoms with Crippen molar-refractivity contribution < 1.29 is 22.7 Å². The number of aromatic nitrogens is 2. The quantitative estimate of drug-likeness (QED) is 0.694. The van der Waals surface area contributed by atoms with E-state index in [0.717, 1.165) is 0 Å². The first-order valence-corrected chi connectivity index (χ1v) is 3.75. The maximum Gasteiger partial charge on any atom is 0.470 e. The van der Waals surface area contributed by atoms with Gasteiger partial charge >= 0.3 is 12.1 Å². The minimum atomic E-state index is -4.61. The Morgan fingerprint density at radius 1 is 1.36 bits per heavy atom. The summed E-state index contributed by atoms with van der Waals surface area (Å²) in [6.07, 6.45) is -4.61. The van der Waals surface area contributed by atoms with Crippen molar-refractivity contribution in [2.75, 3.05) is 13.2 Å². The summed E-state index contributed by atoms with van der Waals surface area (Å²) in [7, 11) is 0. The van der Waals surface area contributed by atoms with E-state index in [2.05, 4.69) is 19.9 Å². The van der Waals surface area contributed by atoms with Gasteiger partial charge in [0.25, 0.3) is 0 Å². The lowest BCUT2D eigenvalue weighted by molar-refractivity contribution is -0.157. The van der Waals surface area contributed by atoms with E-state index in [9.17, 15) is 13.2 Å². The van der Waals surface area contributed by atoms with Crippen LogP contribution in [0.4, 0.5) is 13.2 Å². The molecule has 5 nitrogen and oxygen atoms in total. The summed E-state index contributed by atoms with van der Waals surface area (Å²) in [6.45, 7) is 0.146. The molecule has 0 saturated heterocycles. The third-order valence-corrected chi connectivity index (χ3v) is 1.27. The largest absolute Gasteiger partial charge is 0.470 e. The number of aliphatic hydroxyl groups is 1. The molecule has 0 aliphatic heterocycles. The highest BCUT2D eigenvalue weighted by Gasteiger charge is 2.37. The van der Waals surface area contributed by atoms with E-state index in [-0.39, 0.29) is 25.6 Å². The van der Waals surface area contributed by atoms with Crippen LogP contribution in [0.3, 0.4) is 0 Å². The maximum absolute atomic E-state index is 11.9. The summed E-state index contributed by atoms with van der Waals surface area (Å²) in [5, 5.41) is 17.0. The van der Waals surface area contributed by atoms with Gasteiger partial charge in [-0.05, 0) is 0 Å². The molecule has 0 aliphatic rings. The molecule has 1 aromatic heterocycles. The van der Waals surface area contributed by atoms with Gasteiger partial charge in [-0.1, -0.05) is 0 Å². The zero-order chi connectivity index (χ0) is 10.6. The molecule has 8 heteroatoms. The van der Waals surface area contributed by atoms with E-state index in [4.69, 9.17) is 5.11 Å². The van der Waals surface area contributed by atoms with E-state index in [1.807, 2.05) is 0 Å². The van der Waals surface area contributed by atoms with Gasteiger partial charge in [-0.25, -0.2) is 0 Å². The Bertz CT molecular complexity index is 286. The molecule has 0 fully saturated rings. The van der Waals surface area contributed by atoms with Crippen molar-refractivity contribution in [3.05, 3.63) is 11.8 Å². The van der Waals surface area contributed by atoms with Gasteiger partial charge < -0.3 is 14.8 Å². The summed E-state index contributed by atoms with van der Waals surface area (Å²) in [4.78, 5) is 0. The average Bonchev–Trinajstić information content (AvgIpc) is 2.52. The SMILES string of the molecule is OCCNCc1nnc(C(F)(F)F)o1. The molecule has 0 bridgehead atoms. The zero-order valence-electron chi connectivity index (χ0n) is 7.01. The first-order valence-electron chi connectivity index (χ1n) is 3.75. The van der Waals surface area contributed by atoms with Crippen LogP contribution in [-0.2, 0) is 12.7 Å². The molecule has 0 aliphatic carbocycles. The third-order valence-electron chi connectivity index (χ3n) is 1.27. The second-order valence-electron chi connectivity index (χ2n) is 2.40. The molecule has 1 rings (SSSR count). The summed E-state index contributed by atoms with van der Waals surface area (Å²) < 4.78 is 40.1. The fourth-order valence-electron chi connectivity index (χ4n) is 0.714. The van der Waals surface area contributed by atoms with Crippen LogP contribution in [0.15, 0.2) is 4.42 Å². The number of nitrogens with zero attached hydrogens (tertiary/aromatic N) is 2. The Morgan fingerprint density at radius 3 is 2.57 bits per heavy atom. The smallest absolute Gasteiger partial charge is 0.416 e. The van der Waals surface area contributed by atoms with Crippen LogP contribution in [0.2, 0.25) is 0 Å². The Kier molecular flexibility index (Phi) is 3.42. The van der Waals surface area contributed by atoms with Gasteiger partial charge in [-0.3, -0.25) is 0 Å². The summed E-state index contributed by atoms with van der Waals surface area (Å²) in [6, 6.07) is 0. The van der Waals surface area contributed by atoms with Crippen molar-refractivity contribution in [1.29, 1.82) is 0 Å². The highest BCUT2D eigenvalue weighted by atomic mass is 19.4. The Morgan fingerprint density at radius 2 is 2.07 bits per heavy atom. The second-order valence-corrected chi connectivity index (χ2v) is 2.40. The van der Waals surface area contributed by atoms with Gasteiger partial charge in [0.1, 0.15) is 0 Å². The van der Waals surface area contributed by atoms with E-state index < -0.39 is 12.1 Å². The van der Waals surface area contributed by atoms with Gasteiger partial charge in [0.15, 0.2) is 0 Å². The molecule has 0 aromatic carbocycles. The van der Waals surface area contributed by atoms with Crippen LogP contribution in [0, 0.1) is 0 Å². The Labute approximate surface area is 76.9 Å². The summed E-state index contributed by atoms with van der Waals surface area (Å²) in [5.74, 6) is -1.52. The van der Waals surface area contributed by atoms with E-state index in [1.54, 1.807) is 0 Å². The maximum atomic E-state index is 11.9. The number of hydrogen-bond acceptors (Lipinski definition) is 5. The predicted molar refractivity (Wildman–Crippen MR) is 38.1 cm³/mol. The molecular weight excluding hydrogens is 203 g/mol. The predicted octanol–water partition coefficient (Wildman–Crippen LogP) is 0.170. The molecular formula is C6H8F3N3O2. The molecule has 0 unspecified atom stereocenters. The van der Waals surface area contributed by atoms with Crippen LogP contribution in [0.25, 0.3) is 0 Å². The first-order chi connectivity index (χ1) is 6.54. The van der Waals surface area contributed by atoms with Gasteiger partial charge in [-0.15, -0.1) is 10.2 Å². The van der Waals surface area contributed by atoms with Crippen LogP contribution in [0.1, 0.15) is 11.8 Å². The zero-order valence-corrected chi connectivity index (χ0v) is 7.01. The van der Waals surface area contributed by atoms with Crippen molar-refractivity contribution in [3.63, 3.8) is 0 Å². The number of rotatable bonds is 4. The summed E-state index contributed by atoms with van der Waals surface area (Å²) >= 11 is 0. The lowest BCUT2D eigenvalue weighted by Gasteiger charge is -1.98. The van der Waals surface area contributed by atoms with Gasteiger partial charge in [0, 0.05) is 6.54 Å². The Hall–Kier alpha value is -1.15. The van der Waals surface area contributed by atoms with Gasteiger partial charge in [0.2, 0.25) is 5.89 Å². The number of alkyl halides is 3. The molecule has 0 atom stereocenters. The molecule has 1 heterocycles. The van der Waals surface area contributed by atoms with Crippen molar-refractivity contribution in [2.24, 2.45) is 0 Å². The van der Waals surface area contributed by atoms with E-state index in [1.165, 1.54) is 0 Å². The highest BCUT2D eigenvalue weighted by molar-refractivity contribution is 4.85. The number of halogens is 3. The molecule has 0 radical (unpaired) electrons. The van der Waals surface area contributed by atoms with Gasteiger partial charge in [-0.2, -0.15) is 13.2 Å². The molecule has 80 valence electrons. The summed E-state index contributed by atoms with van der Waals surface area (Å²) in [5.41, 5.74) is 0. The molecule has 0 spiro atoms. The fraction of sp³-hybridized carbons (Fsp3) is 0.667. The minimum absolute atomic E-state index is 0.00361. The lowest BCUT2D eigenvalue weighted by atomic mass is 10.6. The molecule has 1 aromatic rings. The number of hydrogen-bond donors (Lipinski definition) is 2. The number of nitrogens with one attached hydrogen (secondary N) is 1.